The van der Waals surface area contributed by atoms with Gasteiger partial charge in [0.15, 0.2) is 0 Å². The Morgan fingerprint density at radius 1 is 1.06 bits per heavy atom. The first kappa shape index (κ1) is 23.6. The summed E-state index contributed by atoms with van der Waals surface area (Å²) in [5.74, 6) is 0.197. The highest BCUT2D eigenvalue weighted by Gasteiger charge is 2.34. The predicted octanol–water partition coefficient (Wildman–Crippen LogP) is 6.37. The molecule has 1 unspecified atom stereocenters. The molecule has 1 atom stereocenters. The van der Waals surface area contributed by atoms with Crippen LogP contribution in [-0.2, 0) is 4.79 Å². The van der Waals surface area contributed by atoms with Crippen LogP contribution in [-0.4, -0.2) is 16.1 Å². The first-order valence-electron chi connectivity index (χ1n) is 11.1. The normalized spacial score (nSPS) is 12.7. The highest BCUT2D eigenvalue weighted by atomic mass is 32.2. The molecule has 0 spiro atoms. The van der Waals surface area contributed by atoms with E-state index in [4.69, 9.17) is 10.2 Å². The molecule has 0 radical (unpaired) electrons. The molecule has 36 heavy (non-hydrogen) atoms. The lowest BCUT2D eigenvalue weighted by Crippen LogP contribution is -2.35. The van der Waals surface area contributed by atoms with E-state index in [2.05, 4.69) is 11.1 Å². The van der Waals surface area contributed by atoms with Crippen molar-refractivity contribution >= 4 is 46.6 Å². The third-order valence-electron chi connectivity index (χ3n) is 5.74. The molecule has 0 saturated heterocycles. The number of thioether (sulfide) groups is 1. The summed E-state index contributed by atoms with van der Waals surface area (Å²) in [6.45, 7) is 1.92. The Labute approximate surface area is 216 Å². The number of anilines is 3. The fourth-order valence-corrected chi connectivity index (χ4v) is 6.20. The molecule has 0 aliphatic carbocycles. The van der Waals surface area contributed by atoms with E-state index >= 15 is 0 Å². The van der Waals surface area contributed by atoms with E-state index in [1.54, 1.807) is 28.8 Å². The smallest absolute Gasteiger partial charge is 0.245 e. The van der Waals surface area contributed by atoms with E-state index in [0.717, 1.165) is 21.2 Å². The highest BCUT2D eigenvalue weighted by molar-refractivity contribution is 8.00. The quantitative estimate of drug-likeness (QED) is 0.308. The highest BCUT2D eigenvalue weighted by Crippen LogP contribution is 2.49. The van der Waals surface area contributed by atoms with Gasteiger partial charge in [-0.25, -0.2) is 4.98 Å². The maximum Gasteiger partial charge on any atom is 0.245 e. The van der Waals surface area contributed by atoms with Crippen molar-refractivity contribution in [2.24, 2.45) is 0 Å². The van der Waals surface area contributed by atoms with Gasteiger partial charge in [-0.05, 0) is 42.8 Å². The van der Waals surface area contributed by atoms with Gasteiger partial charge in [-0.1, -0.05) is 54.7 Å². The zero-order valence-corrected chi connectivity index (χ0v) is 20.8. The number of hydrogen-bond acceptors (Lipinski definition) is 8. The van der Waals surface area contributed by atoms with Crippen molar-refractivity contribution in [1.82, 2.24) is 4.98 Å². The number of hydrogen-bond donors (Lipinski definition) is 1. The number of pyridine rings is 1. The maximum atomic E-state index is 14.1. The first-order valence-corrected chi connectivity index (χ1v) is 12.8. The van der Waals surface area contributed by atoms with Crippen LogP contribution >= 0.6 is 23.5 Å². The fourth-order valence-electron chi connectivity index (χ4n) is 4.08. The monoisotopic (exact) mass is 509 g/mol. The molecule has 1 amide bonds. The van der Waals surface area contributed by atoms with Crippen LogP contribution < -0.4 is 10.6 Å². The van der Waals surface area contributed by atoms with Crippen molar-refractivity contribution in [2.75, 3.05) is 10.6 Å². The summed E-state index contributed by atoms with van der Waals surface area (Å²) in [6.07, 6.45) is 1.95. The molecule has 1 aliphatic heterocycles. The summed E-state index contributed by atoms with van der Waals surface area (Å²) in [5.41, 5.74) is 8.27. The number of para-hydroxylation sites is 2. The number of fused-ring (bicyclic) bond motifs is 2. The number of rotatable bonds is 5. The topological polar surface area (TPSA) is 120 Å². The number of nitrogen functional groups attached to an aromatic ring is 1. The van der Waals surface area contributed by atoms with E-state index < -0.39 is 5.25 Å². The van der Waals surface area contributed by atoms with E-state index in [-0.39, 0.29) is 33.4 Å². The zero-order chi connectivity index (χ0) is 25.2. The largest absolute Gasteiger partial charge is 0.464 e. The second-order valence-electron chi connectivity index (χ2n) is 7.85. The Hall–Kier alpha value is -4.18. The molecule has 7 nitrogen and oxygen atoms in total. The lowest BCUT2D eigenvalue weighted by molar-refractivity contribution is -0.117. The molecular weight excluding hydrogens is 490 g/mol. The summed E-state index contributed by atoms with van der Waals surface area (Å²) >= 11 is 2.80. The predicted molar refractivity (Wildman–Crippen MR) is 140 cm³/mol. The van der Waals surface area contributed by atoms with Crippen molar-refractivity contribution in [2.45, 2.75) is 33.4 Å². The van der Waals surface area contributed by atoms with E-state index in [9.17, 15) is 15.3 Å². The second-order valence-corrected chi connectivity index (χ2v) is 10.1. The summed E-state index contributed by atoms with van der Waals surface area (Å²) in [5, 5.41) is 19.5. The van der Waals surface area contributed by atoms with Crippen molar-refractivity contribution in [3.8, 4) is 23.5 Å². The minimum Gasteiger partial charge on any atom is -0.464 e. The molecule has 4 aromatic rings. The molecule has 9 heteroatoms. The van der Waals surface area contributed by atoms with Crippen LogP contribution in [0.15, 0.2) is 86.2 Å². The lowest BCUT2D eigenvalue weighted by atomic mass is 10.0. The summed E-state index contributed by atoms with van der Waals surface area (Å²) in [4.78, 5) is 22.2. The van der Waals surface area contributed by atoms with Crippen LogP contribution in [0.2, 0.25) is 0 Å². The van der Waals surface area contributed by atoms with Crippen molar-refractivity contribution in [3.63, 3.8) is 0 Å². The Morgan fingerprint density at radius 2 is 1.69 bits per heavy atom. The van der Waals surface area contributed by atoms with Gasteiger partial charge in [0.25, 0.3) is 0 Å². The first-order chi connectivity index (χ1) is 17.6. The van der Waals surface area contributed by atoms with Crippen LogP contribution in [0.4, 0.5) is 17.2 Å². The van der Waals surface area contributed by atoms with E-state index in [1.165, 1.54) is 18.0 Å². The van der Waals surface area contributed by atoms with Crippen molar-refractivity contribution in [3.05, 3.63) is 78.1 Å². The van der Waals surface area contributed by atoms with Crippen LogP contribution in [0.3, 0.4) is 0 Å². The van der Waals surface area contributed by atoms with Crippen LogP contribution in [0.1, 0.15) is 24.5 Å². The SMILES string of the molecule is CCC(Sc1nc(N)c(C#N)c(-c2ccco2)c1C#N)C(=O)N1c2ccccc2Sc2ccccc21. The molecule has 2 aromatic carbocycles. The van der Waals surface area contributed by atoms with Crippen LogP contribution in [0.25, 0.3) is 11.3 Å². The molecule has 1 aliphatic rings. The number of nitrogens with zero attached hydrogens (tertiary/aromatic N) is 4. The van der Waals surface area contributed by atoms with Crippen molar-refractivity contribution < 1.29 is 9.21 Å². The van der Waals surface area contributed by atoms with Gasteiger partial charge in [0.05, 0.1) is 34.0 Å². The van der Waals surface area contributed by atoms with Gasteiger partial charge < -0.3 is 10.2 Å². The van der Waals surface area contributed by atoms with Crippen molar-refractivity contribution in [1.29, 1.82) is 10.5 Å². The zero-order valence-electron chi connectivity index (χ0n) is 19.1. The number of nitriles is 2. The molecule has 0 saturated carbocycles. The Kier molecular flexibility index (Phi) is 6.43. The van der Waals surface area contributed by atoms with Gasteiger partial charge in [0, 0.05) is 9.79 Å². The second kappa shape index (κ2) is 9.82. The van der Waals surface area contributed by atoms with Gasteiger partial charge in [0.1, 0.15) is 34.3 Å². The average molecular weight is 510 g/mol. The number of nitrogens with two attached hydrogens (primary N) is 1. The summed E-state index contributed by atoms with van der Waals surface area (Å²) in [7, 11) is 0. The number of amides is 1. The molecule has 0 bridgehead atoms. The molecule has 2 aromatic heterocycles. The standard InChI is InChI=1S/C27H19N5O2S2/c1-2-21(27(33)32-18-8-3-5-11-22(18)35-23-12-6-4-9-19(23)32)36-26-17(15-29)24(20-10-7-13-34-20)16(14-28)25(30)31-26/h3-13,21H,2H2,1H3,(H2,30,31). The Balaban J connectivity index is 1.59. The Morgan fingerprint density at radius 3 is 2.25 bits per heavy atom. The van der Waals surface area contributed by atoms with Gasteiger partial charge in [-0.15, -0.1) is 0 Å². The minimum atomic E-state index is -0.564. The fraction of sp³-hybridized carbons (Fsp3) is 0.111. The van der Waals surface area contributed by atoms with Gasteiger partial charge in [-0.3, -0.25) is 9.69 Å². The molecule has 0 fully saturated rings. The Bertz CT molecular complexity index is 1510. The van der Waals surface area contributed by atoms with E-state index in [0.29, 0.717) is 12.2 Å². The molecule has 176 valence electrons. The lowest BCUT2D eigenvalue weighted by Gasteiger charge is -2.33. The third kappa shape index (κ3) is 3.99. The average Bonchev–Trinajstić information content (AvgIpc) is 3.44. The van der Waals surface area contributed by atoms with Crippen LogP contribution in [0, 0.1) is 22.7 Å². The van der Waals surface area contributed by atoms with E-state index in [1.807, 2.05) is 61.5 Å². The molecule has 3 heterocycles. The summed E-state index contributed by atoms with van der Waals surface area (Å²) in [6, 6.07) is 23.1. The molecule has 2 N–H and O–H groups in total. The van der Waals surface area contributed by atoms with Gasteiger partial charge in [0.2, 0.25) is 5.91 Å². The molecule has 5 rings (SSSR count). The number of carbonyl (C=O) groups is 1. The van der Waals surface area contributed by atoms with Gasteiger partial charge >= 0.3 is 0 Å². The minimum absolute atomic E-state index is 0.0160. The third-order valence-corrected chi connectivity index (χ3v) is 8.20. The number of furan rings is 1. The number of benzene rings is 2. The molecular formula is C27H19N5O2S2. The number of aromatic nitrogens is 1. The number of carbonyl (C=O) groups excluding carboxylic acids is 1. The summed E-state index contributed by atoms with van der Waals surface area (Å²) < 4.78 is 5.49. The maximum absolute atomic E-state index is 14.1. The van der Waals surface area contributed by atoms with Crippen LogP contribution in [0.5, 0.6) is 0 Å². The van der Waals surface area contributed by atoms with Gasteiger partial charge in [-0.2, -0.15) is 10.5 Å².